The van der Waals surface area contributed by atoms with Gasteiger partial charge in [-0.2, -0.15) is 0 Å². The Morgan fingerprint density at radius 1 is 1.26 bits per heavy atom. The second kappa shape index (κ2) is 6.82. The number of hydrogen-bond donors (Lipinski definition) is 2. The van der Waals surface area contributed by atoms with Crippen LogP contribution in [0.4, 0.5) is 5.69 Å². The first-order valence-electron chi connectivity index (χ1n) is 7.29. The van der Waals surface area contributed by atoms with E-state index in [1.165, 1.54) is 0 Å². The molecule has 0 radical (unpaired) electrons. The van der Waals surface area contributed by atoms with E-state index in [1.807, 2.05) is 12.1 Å². The summed E-state index contributed by atoms with van der Waals surface area (Å²) in [5, 5.41) is 4.98. The average molecular weight is 336 g/mol. The summed E-state index contributed by atoms with van der Waals surface area (Å²) < 4.78 is 10.8. The highest BCUT2D eigenvalue weighted by Crippen LogP contribution is 2.19. The van der Waals surface area contributed by atoms with Crippen LogP contribution in [0.1, 0.15) is 6.42 Å². The predicted molar refractivity (Wildman–Crippen MR) is 86.6 cm³/mol. The van der Waals surface area contributed by atoms with Crippen molar-refractivity contribution in [1.82, 2.24) is 5.32 Å². The van der Waals surface area contributed by atoms with Crippen molar-refractivity contribution in [2.75, 3.05) is 11.9 Å². The van der Waals surface area contributed by atoms with E-state index < -0.39 is 32.2 Å². The molecule has 1 heterocycles. The van der Waals surface area contributed by atoms with Crippen molar-refractivity contribution < 1.29 is 23.5 Å². The smallest absolute Gasteiger partial charge is 0.326 e. The molecule has 2 N–H and O–H groups in total. The maximum Gasteiger partial charge on any atom is 0.326 e. The van der Waals surface area contributed by atoms with E-state index in [0.717, 1.165) is 11.4 Å². The first kappa shape index (κ1) is 17.0. The molecule has 1 fully saturated rings. The predicted octanol–water partition coefficient (Wildman–Crippen LogP) is 1.27. The van der Waals surface area contributed by atoms with Gasteiger partial charge in [0, 0.05) is 5.69 Å². The molecule has 124 valence electrons. The van der Waals surface area contributed by atoms with Crippen molar-refractivity contribution in [1.29, 1.82) is 0 Å². The van der Waals surface area contributed by atoms with Crippen LogP contribution >= 0.6 is 0 Å². The molecule has 1 saturated heterocycles. The molecule has 2 amide bonds. The minimum absolute atomic E-state index is 0.0911. The molecule has 7 nitrogen and oxygen atoms in total. The number of anilines is 1. The Bertz CT molecular complexity index is 609. The monoisotopic (exact) mass is 336 g/mol. The van der Waals surface area contributed by atoms with Gasteiger partial charge in [-0.3, -0.25) is 19.7 Å². The normalized spacial score (nSPS) is 17.6. The van der Waals surface area contributed by atoms with Crippen LogP contribution in [-0.4, -0.2) is 38.7 Å². The minimum atomic E-state index is -1.64. The lowest BCUT2D eigenvalue weighted by Crippen LogP contribution is -2.30. The van der Waals surface area contributed by atoms with Gasteiger partial charge in [0.15, 0.2) is 6.10 Å². The number of esters is 1. The maximum atomic E-state index is 11.7. The molecule has 0 saturated carbocycles. The lowest BCUT2D eigenvalue weighted by atomic mass is 10.3. The van der Waals surface area contributed by atoms with Crippen molar-refractivity contribution in [2.45, 2.75) is 32.2 Å². The van der Waals surface area contributed by atoms with Gasteiger partial charge >= 0.3 is 5.97 Å². The highest BCUT2D eigenvalue weighted by Gasteiger charge is 2.33. The van der Waals surface area contributed by atoms with Crippen molar-refractivity contribution in [2.24, 2.45) is 0 Å². The van der Waals surface area contributed by atoms with Crippen molar-refractivity contribution in [3.63, 3.8) is 0 Å². The molecule has 1 aromatic rings. The Morgan fingerprint density at radius 2 is 1.91 bits per heavy atom. The lowest BCUT2D eigenvalue weighted by Gasteiger charge is -2.19. The second-order valence-electron chi connectivity index (χ2n) is 6.19. The number of nitrogens with one attached hydrogen (secondary N) is 2. The van der Waals surface area contributed by atoms with Crippen molar-refractivity contribution in [3.8, 4) is 5.75 Å². The van der Waals surface area contributed by atoms with Gasteiger partial charge in [-0.15, -0.1) is 0 Å². The topological polar surface area (TPSA) is 93.7 Å². The molecule has 1 aliphatic rings. The van der Waals surface area contributed by atoms with Crippen LogP contribution < -0.4 is 15.1 Å². The molecular weight excluding hydrogens is 316 g/mol. The number of amides is 2. The molecule has 1 atom stereocenters. The third kappa shape index (κ3) is 5.40. The summed E-state index contributed by atoms with van der Waals surface area (Å²) in [5.74, 6) is -0.810. The van der Waals surface area contributed by atoms with E-state index in [2.05, 4.69) is 30.3 Å². The van der Waals surface area contributed by atoms with Gasteiger partial charge in [0.25, 0.3) is 5.91 Å². The standard InChI is InChI=1S/C15H20N2O5Si/c1-23(2,3)22-11-6-4-10(5-7-11)16-9-14(19)21-12-8-13(18)17-15(12)20/h4-7,12,16H,8-9H2,1-3H3,(H,17,18,20). The highest BCUT2D eigenvalue weighted by molar-refractivity contribution is 6.70. The van der Waals surface area contributed by atoms with Crippen molar-refractivity contribution >= 4 is 31.8 Å². The summed E-state index contributed by atoms with van der Waals surface area (Å²) in [4.78, 5) is 34.0. The Kier molecular flexibility index (Phi) is 5.04. The van der Waals surface area contributed by atoms with Crippen LogP contribution in [0.2, 0.25) is 19.6 Å². The van der Waals surface area contributed by atoms with Gasteiger partial charge in [-0.25, -0.2) is 0 Å². The number of hydrogen-bond acceptors (Lipinski definition) is 6. The number of imide groups is 1. The number of benzene rings is 1. The van der Waals surface area contributed by atoms with Crippen LogP contribution in [0.5, 0.6) is 5.75 Å². The van der Waals surface area contributed by atoms with Gasteiger partial charge in [0.2, 0.25) is 14.2 Å². The van der Waals surface area contributed by atoms with Gasteiger partial charge in [-0.1, -0.05) is 0 Å². The molecule has 2 rings (SSSR count). The zero-order chi connectivity index (χ0) is 17.0. The van der Waals surface area contributed by atoms with Crippen LogP contribution in [0.15, 0.2) is 24.3 Å². The van der Waals surface area contributed by atoms with Gasteiger partial charge < -0.3 is 14.5 Å². The van der Waals surface area contributed by atoms with E-state index in [4.69, 9.17) is 9.16 Å². The first-order chi connectivity index (χ1) is 10.7. The van der Waals surface area contributed by atoms with Crippen LogP contribution in [0.3, 0.4) is 0 Å². The summed E-state index contributed by atoms with van der Waals surface area (Å²) in [6, 6.07) is 7.26. The Morgan fingerprint density at radius 3 is 2.43 bits per heavy atom. The molecular formula is C15H20N2O5Si. The van der Waals surface area contributed by atoms with Crippen LogP contribution in [-0.2, 0) is 19.1 Å². The first-order valence-corrected chi connectivity index (χ1v) is 10.7. The minimum Gasteiger partial charge on any atom is -0.544 e. The Balaban J connectivity index is 1.80. The summed E-state index contributed by atoms with van der Waals surface area (Å²) in [7, 11) is -1.64. The van der Waals surface area contributed by atoms with Crippen LogP contribution in [0.25, 0.3) is 0 Å². The highest BCUT2D eigenvalue weighted by atomic mass is 28.4. The van der Waals surface area contributed by atoms with E-state index >= 15 is 0 Å². The number of carbonyl (C=O) groups excluding carboxylic acids is 3. The third-order valence-corrected chi connectivity index (χ3v) is 3.76. The fourth-order valence-corrected chi connectivity index (χ4v) is 2.84. The lowest BCUT2D eigenvalue weighted by molar-refractivity contribution is -0.152. The quantitative estimate of drug-likeness (QED) is 0.462. The SMILES string of the molecule is C[Si](C)(C)Oc1ccc(NCC(=O)OC2CC(=O)NC2=O)cc1. The second-order valence-corrected chi connectivity index (χ2v) is 10.6. The summed E-state index contributed by atoms with van der Waals surface area (Å²) >= 11 is 0. The zero-order valence-corrected chi connectivity index (χ0v) is 14.3. The largest absolute Gasteiger partial charge is 0.544 e. The fraction of sp³-hybridized carbons (Fsp3) is 0.400. The molecule has 8 heteroatoms. The maximum absolute atomic E-state index is 11.7. The number of rotatable bonds is 6. The molecule has 0 bridgehead atoms. The van der Waals surface area contributed by atoms with Crippen LogP contribution in [0, 0.1) is 0 Å². The molecule has 1 unspecified atom stereocenters. The summed E-state index contributed by atoms with van der Waals surface area (Å²) in [6.45, 7) is 6.20. The molecule has 1 aliphatic heterocycles. The summed E-state index contributed by atoms with van der Waals surface area (Å²) in [5.41, 5.74) is 0.733. The van der Waals surface area contributed by atoms with E-state index in [-0.39, 0.29) is 13.0 Å². The average Bonchev–Trinajstić information content (AvgIpc) is 2.74. The molecule has 0 aromatic heterocycles. The van der Waals surface area contributed by atoms with E-state index in [9.17, 15) is 14.4 Å². The Hall–Kier alpha value is -2.35. The number of ether oxygens (including phenoxy) is 1. The number of carbonyl (C=O) groups is 3. The van der Waals surface area contributed by atoms with Crippen molar-refractivity contribution in [3.05, 3.63) is 24.3 Å². The molecule has 1 aromatic carbocycles. The zero-order valence-electron chi connectivity index (χ0n) is 13.3. The molecule has 23 heavy (non-hydrogen) atoms. The van der Waals surface area contributed by atoms with Gasteiger partial charge in [-0.05, 0) is 43.9 Å². The fourth-order valence-electron chi connectivity index (χ4n) is 1.99. The summed E-state index contributed by atoms with van der Waals surface area (Å²) in [6.07, 6.45) is -1.14. The van der Waals surface area contributed by atoms with Gasteiger partial charge in [0.05, 0.1) is 6.42 Å². The molecule has 0 aliphatic carbocycles. The molecule has 0 spiro atoms. The third-order valence-electron chi connectivity index (χ3n) is 2.91. The van der Waals surface area contributed by atoms with E-state index in [0.29, 0.717) is 0 Å². The Labute approximate surface area is 135 Å². The van der Waals surface area contributed by atoms with Gasteiger partial charge in [0.1, 0.15) is 12.3 Å². The van der Waals surface area contributed by atoms with E-state index in [1.54, 1.807) is 12.1 Å².